The summed E-state index contributed by atoms with van der Waals surface area (Å²) in [4.78, 5) is 0. The number of alkyl halides is 4. The predicted molar refractivity (Wildman–Crippen MR) is 120 cm³/mol. The lowest BCUT2D eigenvalue weighted by atomic mass is 9.95. The van der Waals surface area contributed by atoms with Crippen molar-refractivity contribution in [3.8, 4) is 16.9 Å². The zero-order valence-corrected chi connectivity index (χ0v) is 18.7. The first kappa shape index (κ1) is 24.7. The van der Waals surface area contributed by atoms with E-state index in [9.17, 15) is 17.6 Å². The molecule has 1 nitrogen and oxygen atoms in total. The molecule has 0 unspecified atom stereocenters. The molecule has 176 valence electrons. The molecule has 0 radical (unpaired) electrons. The van der Waals surface area contributed by atoms with Gasteiger partial charge in [-0.15, -0.1) is 0 Å². The summed E-state index contributed by atoms with van der Waals surface area (Å²) in [5, 5.41) is 0. The largest absolute Gasteiger partial charge is 0.429 e. The second-order valence-corrected chi connectivity index (χ2v) is 7.96. The molecule has 0 spiro atoms. The van der Waals surface area contributed by atoms with Crippen molar-refractivity contribution in [2.75, 3.05) is 0 Å². The van der Waals surface area contributed by atoms with Crippen LogP contribution in [0, 0.1) is 5.82 Å². The van der Waals surface area contributed by atoms with E-state index in [1.54, 1.807) is 36.4 Å². The van der Waals surface area contributed by atoms with Gasteiger partial charge in [0.2, 0.25) is 0 Å². The van der Waals surface area contributed by atoms with Gasteiger partial charge in [-0.25, -0.2) is 13.2 Å². The third-order valence-electron chi connectivity index (χ3n) is 5.62. The van der Waals surface area contributed by atoms with Crippen LogP contribution >= 0.6 is 0 Å². The van der Waals surface area contributed by atoms with Gasteiger partial charge < -0.3 is 4.74 Å². The Morgan fingerprint density at radius 1 is 0.818 bits per heavy atom. The van der Waals surface area contributed by atoms with Gasteiger partial charge in [-0.2, -0.15) is 8.78 Å². The van der Waals surface area contributed by atoms with E-state index in [0.29, 0.717) is 5.56 Å². The number of rotatable bonds is 10. The average molecular weight is 463 g/mol. The molecule has 0 aliphatic carbocycles. The molecule has 0 amide bonds. The molecule has 33 heavy (non-hydrogen) atoms. The fourth-order valence-corrected chi connectivity index (χ4v) is 3.71. The summed E-state index contributed by atoms with van der Waals surface area (Å²) < 4.78 is 76.9. The van der Waals surface area contributed by atoms with Gasteiger partial charge in [0.05, 0.1) is 5.56 Å². The Labute approximate surface area is 191 Å². The molecule has 0 N–H and O–H groups in total. The Hall–Kier alpha value is -2.89. The second kappa shape index (κ2) is 10.8. The van der Waals surface area contributed by atoms with Crippen molar-refractivity contribution in [1.82, 2.24) is 0 Å². The third kappa shape index (κ3) is 5.92. The lowest BCUT2D eigenvalue weighted by Crippen LogP contribution is -2.24. The normalized spacial score (nSPS) is 11.8. The molecule has 3 rings (SSSR count). The van der Waals surface area contributed by atoms with Crippen molar-refractivity contribution in [3.63, 3.8) is 0 Å². The first-order valence-electron chi connectivity index (χ1n) is 11.1. The molecule has 0 fully saturated rings. The van der Waals surface area contributed by atoms with E-state index < -0.39 is 29.5 Å². The van der Waals surface area contributed by atoms with Crippen LogP contribution in [-0.4, -0.2) is 0 Å². The number of aryl methyl sites for hydroxylation is 2. The number of hydrogen-bond donors (Lipinski definition) is 0. The van der Waals surface area contributed by atoms with Crippen molar-refractivity contribution in [2.24, 2.45) is 0 Å². The highest BCUT2D eigenvalue weighted by Crippen LogP contribution is 2.40. The number of unbranched alkanes of at least 4 members (excludes halogenated alkanes) is 2. The summed E-state index contributed by atoms with van der Waals surface area (Å²) in [6, 6.07) is 14.6. The molecule has 0 aliphatic heterocycles. The molecule has 0 saturated heterocycles. The highest BCUT2D eigenvalue weighted by atomic mass is 19.3. The molecule has 3 aromatic carbocycles. The topological polar surface area (TPSA) is 9.23 Å². The minimum absolute atomic E-state index is 0.124. The zero-order valence-electron chi connectivity index (χ0n) is 18.7. The van der Waals surface area contributed by atoms with Gasteiger partial charge in [-0.05, 0) is 59.7 Å². The van der Waals surface area contributed by atoms with Crippen LogP contribution in [0.3, 0.4) is 0 Å². The maximum Gasteiger partial charge on any atom is 0.429 e. The predicted octanol–water partition coefficient (Wildman–Crippen LogP) is 8.85. The quantitative estimate of drug-likeness (QED) is 0.216. The molecular formula is C27H27F5O. The molecule has 6 heteroatoms. The summed E-state index contributed by atoms with van der Waals surface area (Å²) in [7, 11) is 0. The standard InChI is InChI=1S/C27H27F5O/c1-3-5-6-7-19-10-14-21(15-11-19)33-27(31,32)23-17-16-22(24(25(23)28)26(29)30)20-12-8-18(4-2)9-13-20/h8-17,26H,3-7H2,1-2H3. The van der Waals surface area contributed by atoms with E-state index in [2.05, 4.69) is 6.92 Å². The Morgan fingerprint density at radius 3 is 2.03 bits per heavy atom. The van der Waals surface area contributed by atoms with Crippen molar-refractivity contribution in [2.45, 2.75) is 58.5 Å². The Kier molecular flexibility index (Phi) is 8.11. The number of halogens is 5. The summed E-state index contributed by atoms with van der Waals surface area (Å²) >= 11 is 0. The smallest absolute Gasteiger partial charge is 0.429 e. The van der Waals surface area contributed by atoms with E-state index >= 15 is 4.39 Å². The average Bonchev–Trinajstić information content (AvgIpc) is 2.79. The van der Waals surface area contributed by atoms with E-state index in [4.69, 9.17) is 4.74 Å². The van der Waals surface area contributed by atoms with Gasteiger partial charge in [0, 0.05) is 0 Å². The van der Waals surface area contributed by atoms with Crippen molar-refractivity contribution in [3.05, 3.63) is 88.7 Å². The molecule has 3 aromatic rings. The van der Waals surface area contributed by atoms with Gasteiger partial charge in [-0.3, -0.25) is 0 Å². The Morgan fingerprint density at radius 2 is 1.45 bits per heavy atom. The van der Waals surface area contributed by atoms with Gasteiger partial charge in [-0.1, -0.05) is 69.2 Å². The summed E-state index contributed by atoms with van der Waals surface area (Å²) in [5.41, 5.74) is -0.128. The fourth-order valence-electron chi connectivity index (χ4n) is 3.71. The van der Waals surface area contributed by atoms with Crippen LogP contribution in [0.2, 0.25) is 0 Å². The third-order valence-corrected chi connectivity index (χ3v) is 5.62. The maximum absolute atomic E-state index is 15.0. The first-order valence-corrected chi connectivity index (χ1v) is 11.1. The van der Waals surface area contributed by atoms with E-state index in [1.807, 2.05) is 6.92 Å². The van der Waals surface area contributed by atoms with Gasteiger partial charge in [0.15, 0.2) is 0 Å². The molecule has 0 aliphatic rings. The molecule has 0 saturated carbocycles. The number of benzene rings is 3. The monoisotopic (exact) mass is 462 g/mol. The van der Waals surface area contributed by atoms with Crippen LogP contribution in [0.5, 0.6) is 5.75 Å². The molecule has 0 atom stereocenters. The fraction of sp³-hybridized carbons (Fsp3) is 0.333. The summed E-state index contributed by atoms with van der Waals surface area (Å²) in [6.07, 6.45) is -2.70. The summed E-state index contributed by atoms with van der Waals surface area (Å²) in [5.74, 6) is -1.83. The van der Waals surface area contributed by atoms with Crippen molar-refractivity contribution in [1.29, 1.82) is 0 Å². The van der Waals surface area contributed by atoms with E-state index in [1.165, 1.54) is 12.1 Å². The lowest BCUT2D eigenvalue weighted by Gasteiger charge is -2.21. The minimum atomic E-state index is -4.12. The molecular weight excluding hydrogens is 435 g/mol. The van der Waals surface area contributed by atoms with Crippen LogP contribution in [0.25, 0.3) is 11.1 Å². The van der Waals surface area contributed by atoms with Crippen LogP contribution < -0.4 is 4.74 Å². The second-order valence-electron chi connectivity index (χ2n) is 7.96. The van der Waals surface area contributed by atoms with Crippen LogP contribution in [-0.2, 0) is 19.0 Å². The number of hydrogen-bond acceptors (Lipinski definition) is 1. The van der Waals surface area contributed by atoms with Crippen LogP contribution in [0.1, 0.15) is 61.8 Å². The van der Waals surface area contributed by atoms with E-state index in [-0.39, 0.29) is 11.3 Å². The molecule has 0 aromatic heterocycles. The van der Waals surface area contributed by atoms with Gasteiger partial charge in [0.1, 0.15) is 17.1 Å². The highest BCUT2D eigenvalue weighted by molar-refractivity contribution is 5.69. The first-order chi connectivity index (χ1) is 15.8. The summed E-state index contributed by atoms with van der Waals surface area (Å²) in [6.45, 7) is 4.03. The van der Waals surface area contributed by atoms with Gasteiger partial charge in [0.25, 0.3) is 6.43 Å². The maximum atomic E-state index is 15.0. The van der Waals surface area contributed by atoms with Gasteiger partial charge >= 0.3 is 6.11 Å². The highest BCUT2D eigenvalue weighted by Gasteiger charge is 2.40. The zero-order chi connectivity index (χ0) is 24.0. The minimum Gasteiger partial charge on any atom is -0.429 e. The Bertz CT molecular complexity index is 1040. The lowest BCUT2D eigenvalue weighted by molar-refractivity contribution is -0.187. The number of ether oxygens (including phenoxy) is 1. The van der Waals surface area contributed by atoms with Crippen LogP contribution in [0.15, 0.2) is 60.7 Å². The van der Waals surface area contributed by atoms with Crippen LogP contribution in [0.4, 0.5) is 22.0 Å². The SMILES string of the molecule is CCCCCc1ccc(OC(F)(F)c2ccc(-c3ccc(CC)cc3)c(C(F)F)c2F)cc1. The van der Waals surface area contributed by atoms with Crippen molar-refractivity contribution < 1.29 is 26.7 Å². The Balaban J connectivity index is 1.88. The molecule has 0 heterocycles. The van der Waals surface area contributed by atoms with E-state index in [0.717, 1.165) is 55.4 Å². The molecule has 0 bridgehead atoms. The van der Waals surface area contributed by atoms with Crippen molar-refractivity contribution >= 4 is 0 Å².